The molecule has 3 rings (SSSR count). The summed E-state index contributed by atoms with van der Waals surface area (Å²) in [5.41, 5.74) is 0.922. The number of aliphatic hydroxyl groups excluding tert-OH is 1. The lowest BCUT2D eigenvalue weighted by Gasteiger charge is -2.41. The first kappa shape index (κ1) is 16.9. The molecular formula is C19H19ClFNO2. The summed E-state index contributed by atoms with van der Waals surface area (Å²) in [4.78, 5) is 12.7. The number of aliphatic hydroxyl groups is 1. The number of carbonyl (C=O) groups is 1. The van der Waals surface area contributed by atoms with Crippen LogP contribution in [0.2, 0.25) is 5.02 Å². The number of carbonyl (C=O) groups excluding carboxylic acids is 1. The van der Waals surface area contributed by atoms with Crippen molar-refractivity contribution < 1.29 is 14.3 Å². The average Bonchev–Trinajstić information content (AvgIpc) is 2.54. The third-order valence-electron chi connectivity index (χ3n) is 4.75. The van der Waals surface area contributed by atoms with Crippen molar-refractivity contribution in [3.05, 3.63) is 70.5 Å². The summed E-state index contributed by atoms with van der Waals surface area (Å²) in [7, 11) is 0. The van der Waals surface area contributed by atoms with E-state index in [9.17, 15) is 14.3 Å². The first-order valence-corrected chi connectivity index (χ1v) is 8.37. The van der Waals surface area contributed by atoms with Gasteiger partial charge in [-0.25, -0.2) is 4.39 Å². The van der Waals surface area contributed by atoms with Crippen molar-refractivity contribution >= 4 is 17.5 Å². The van der Waals surface area contributed by atoms with Crippen molar-refractivity contribution in [2.24, 2.45) is 0 Å². The first-order valence-electron chi connectivity index (χ1n) is 7.99. The highest BCUT2D eigenvalue weighted by atomic mass is 35.5. The van der Waals surface area contributed by atoms with Crippen molar-refractivity contribution in [1.29, 1.82) is 0 Å². The van der Waals surface area contributed by atoms with Crippen LogP contribution in [-0.4, -0.2) is 17.6 Å². The molecule has 126 valence electrons. The van der Waals surface area contributed by atoms with Gasteiger partial charge < -0.3 is 10.4 Å². The lowest BCUT2D eigenvalue weighted by molar-refractivity contribution is -0.130. The van der Waals surface area contributed by atoms with Crippen molar-refractivity contribution in [2.45, 2.75) is 30.8 Å². The van der Waals surface area contributed by atoms with Gasteiger partial charge in [-0.1, -0.05) is 42.3 Å². The molecule has 1 saturated carbocycles. The SMILES string of the molecule is O=C(NCC(O)c1ccc(Cl)cc1)C1(c2ccc(F)cc2)CCC1. The molecule has 1 fully saturated rings. The number of benzene rings is 2. The Balaban J connectivity index is 1.67. The standard InChI is InChI=1S/C19H19ClFNO2/c20-15-6-2-13(3-7-15)17(23)12-22-18(24)19(10-1-11-19)14-4-8-16(21)9-5-14/h2-9,17,23H,1,10-12H2,(H,22,24). The Labute approximate surface area is 145 Å². The minimum Gasteiger partial charge on any atom is -0.387 e. The lowest BCUT2D eigenvalue weighted by Crippen LogP contribution is -2.50. The Bertz CT molecular complexity index is 711. The fourth-order valence-corrected chi connectivity index (χ4v) is 3.23. The van der Waals surface area contributed by atoms with Gasteiger partial charge in [0.25, 0.3) is 0 Å². The molecule has 2 aromatic carbocycles. The molecule has 5 heteroatoms. The van der Waals surface area contributed by atoms with E-state index in [0.717, 1.165) is 24.8 Å². The number of hydrogen-bond donors (Lipinski definition) is 2. The van der Waals surface area contributed by atoms with Crippen LogP contribution in [0.4, 0.5) is 4.39 Å². The molecule has 0 spiro atoms. The van der Waals surface area contributed by atoms with Gasteiger partial charge in [-0.3, -0.25) is 4.79 Å². The highest BCUT2D eigenvalue weighted by Gasteiger charge is 2.45. The smallest absolute Gasteiger partial charge is 0.230 e. The normalized spacial score (nSPS) is 17.0. The highest BCUT2D eigenvalue weighted by Crippen LogP contribution is 2.44. The molecule has 0 bridgehead atoms. The molecule has 0 aliphatic heterocycles. The Hall–Kier alpha value is -1.91. The van der Waals surface area contributed by atoms with Crippen LogP contribution >= 0.6 is 11.6 Å². The van der Waals surface area contributed by atoms with Crippen molar-refractivity contribution in [2.75, 3.05) is 6.54 Å². The van der Waals surface area contributed by atoms with Crippen LogP contribution in [0.15, 0.2) is 48.5 Å². The third kappa shape index (κ3) is 3.30. The van der Waals surface area contributed by atoms with Gasteiger partial charge in [0, 0.05) is 11.6 Å². The number of halogens is 2. The highest BCUT2D eigenvalue weighted by molar-refractivity contribution is 6.30. The lowest BCUT2D eigenvalue weighted by atomic mass is 9.64. The van der Waals surface area contributed by atoms with Gasteiger partial charge in [0.1, 0.15) is 5.82 Å². The van der Waals surface area contributed by atoms with Crippen LogP contribution in [0.5, 0.6) is 0 Å². The zero-order valence-electron chi connectivity index (χ0n) is 13.1. The quantitative estimate of drug-likeness (QED) is 0.865. The van der Waals surface area contributed by atoms with Crippen molar-refractivity contribution in [1.82, 2.24) is 5.32 Å². The fourth-order valence-electron chi connectivity index (χ4n) is 3.11. The number of rotatable bonds is 5. The zero-order chi connectivity index (χ0) is 17.2. The van der Waals surface area contributed by atoms with E-state index in [-0.39, 0.29) is 18.3 Å². The molecule has 0 radical (unpaired) electrons. The summed E-state index contributed by atoms with van der Waals surface area (Å²) in [5.74, 6) is -0.430. The van der Waals surface area contributed by atoms with Crippen LogP contribution in [0.3, 0.4) is 0 Å². The molecule has 1 aliphatic rings. The van der Waals surface area contributed by atoms with Crippen LogP contribution in [0, 0.1) is 5.82 Å². The van der Waals surface area contributed by atoms with Gasteiger partial charge in [0.05, 0.1) is 11.5 Å². The van der Waals surface area contributed by atoms with Gasteiger partial charge >= 0.3 is 0 Å². The summed E-state index contributed by atoms with van der Waals surface area (Å²) in [6.07, 6.45) is 1.64. The first-order chi connectivity index (χ1) is 11.5. The monoisotopic (exact) mass is 347 g/mol. The summed E-state index contributed by atoms with van der Waals surface area (Å²) >= 11 is 5.83. The Morgan fingerprint density at radius 2 is 1.79 bits per heavy atom. The summed E-state index contributed by atoms with van der Waals surface area (Å²) in [6, 6.07) is 13.0. The van der Waals surface area contributed by atoms with Crippen molar-refractivity contribution in [3.8, 4) is 0 Å². The number of amides is 1. The minimum atomic E-state index is -0.795. The Morgan fingerprint density at radius 3 is 2.33 bits per heavy atom. The van der Waals surface area contributed by atoms with Crippen LogP contribution < -0.4 is 5.32 Å². The summed E-state index contributed by atoms with van der Waals surface area (Å²) in [6.45, 7) is 0.128. The van der Waals surface area contributed by atoms with E-state index < -0.39 is 11.5 Å². The zero-order valence-corrected chi connectivity index (χ0v) is 13.9. The van der Waals surface area contributed by atoms with E-state index >= 15 is 0 Å². The second kappa shape index (κ2) is 6.91. The molecule has 1 atom stereocenters. The van der Waals surface area contributed by atoms with Crippen LogP contribution in [0.25, 0.3) is 0 Å². The predicted octanol–water partition coefficient (Wildman–Crippen LogP) is 3.75. The topological polar surface area (TPSA) is 49.3 Å². The summed E-state index contributed by atoms with van der Waals surface area (Å²) in [5, 5.41) is 13.6. The van der Waals surface area contributed by atoms with E-state index in [2.05, 4.69) is 5.32 Å². The van der Waals surface area contributed by atoms with Gasteiger partial charge in [-0.2, -0.15) is 0 Å². The fraction of sp³-hybridized carbons (Fsp3) is 0.316. The molecule has 0 aromatic heterocycles. The third-order valence-corrected chi connectivity index (χ3v) is 5.00. The van der Waals surface area contributed by atoms with Gasteiger partial charge in [-0.05, 0) is 48.2 Å². The molecule has 1 unspecified atom stereocenters. The molecule has 2 aromatic rings. The van der Waals surface area contributed by atoms with Gasteiger partial charge in [-0.15, -0.1) is 0 Å². The maximum absolute atomic E-state index is 13.1. The number of nitrogens with one attached hydrogen (secondary N) is 1. The van der Waals surface area contributed by atoms with E-state index in [1.54, 1.807) is 36.4 Å². The van der Waals surface area contributed by atoms with E-state index in [0.29, 0.717) is 10.6 Å². The maximum Gasteiger partial charge on any atom is 0.230 e. The second-order valence-corrected chi connectivity index (χ2v) is 6.66. The van der Waals surface area contributed by atoms with Crippen molar-refractivity contribution in [3.63, 3.8) is 0 Å². The second-order valence-electron chi connectivity index (χ2n) is 6.22. The maximum atomic E-state index is 13.1. The molecule has 1 amide bonds. The predicted molar refractivity (Wildman–Crippen MR) is 91.4 cm³/mol. The number of hydrogen-bond acceptors (Lipinski definition) is 2. The Morgan fingerprint density at radius 1 is 1.17 bits per heavy atom. The minimum absolute atomic E-state index is 0.117. The summed E-state index contributed by atoms with van der Waals surface area (Å²) < 4.78 is 13.1. The molecule has 3 nitrogen and oxygen atoms in total. The molecule has 2 N–H and O–H groups in total. The van der Waals surface area contributed by atoms with E-state index in [1.165, 1.54) is 12.1 Å². The van der Waals surface area contributed by atoms with Crippen LogP contribution in [-0.2, 0) is 10.2 Å². The van der Waals surface area contributed by atoms with Gasteiger partial charge in [0.15, 0.2) is 0 Å². The van der Waals surface area contributed by atoms with Crippen LogP contribution in [0.1, 0.15) is 36.5 Å². The largest absolute Gasteiger partial charge is 0.387 e. The molecule has 1 aliphatic carbocycles. The average molecular weight is 348 g/mol. The molecule has 24 heavy (non-hydrogen) atoms. The van der Waals surface area contributed by atoms with E-state index in [1.807, 2.05) is 0 Å². The Kier molecular flexibility index (Phi) is 4.88. The van der Waals surface area contributed by atoms with E-state index in [4.69, 9.17) is 11.6 Å². The van der Waals surface area contributed by atoms with Gasteiger partial charge in [0.2, 0.25) is 5.91 Å². The molecule has 0 heterocycles. The molecular weight excluding hydrogens is 329 g/mol. The molecule has 0 saturated heterocycles.